The van der Waals surface area contributed by atoms with Crippen LogP contribution in [0.2, 0.25) is 0 Å². The summed E-state index contributed by atoms with van der Waals surface area (Å²) < 4.78 is 1.81. The monoisotopic (exact) mass is 250 g/mol. The highest BCUT2D eigenvalue weighted by Gasteiger charge is 2.20. The SMILES string of the molecule is CCN(CC1CCCN1)C(=O)CCn1cccn1. The molecule has 0 aromatic carbocycles. The third-order valence-electron chi connectivity index (χ3n) is 3.45. The largest absolute Gasteiger partial charge is 0.341 e. The number of carbonyl (C=O) groups excluding carboxylic acids is 1. The van der Waals surface area contributed by atoms with E-state index >= 15 is 0 Å². The number of nitrogens with one attached hydrogen (secondary N) is 1. The summed E-state index contributed by atoms with van der Waals surface area (Å²) in [5.74, 6) is 0.224. The zero-order valence-corrected chi connectivity index (χ0v) is 11.0. The van der Waals surface area contributed by atoms with Gasteiger partial charge in [0.2, 0.25) is 5.91 Å². The molecule has 0 spiro atoms. The number of hydrogen-bond donors (Lipinski definition) is 1. The molecule has 1 fully saturated rings. The van der Waals surface area contributed by atoms with E-state index in [2.05, 4.69) is 10.4 Å². The summed E-state index contributed by atoms with van der Waals surface area (Å²) in [6.07, 6.45) is 6.57. The Bertz CT molecular complexity index is 357. The van der Waals surface area contributed by atoms with Gasteiger partial charge in [0, 0.05) is 44.5 Å². The summed E-state index contributed by atoms with van der Waals surface area (Å²) in [5.41, 5.74) is 0. The van der Waals surface area contributed by atoms with Gasteiger partial charge in [-0.25, -0.2) is 0 Å². The van der Waals surface area contributed by atoms with Gasteiger partial charge in [-0.1, -0.05) is 0 Å². The number of nitrogens with zero attached hydrogens (tertiary/aromatic N) is 3. The van der Waals surface area contributed by atoms with Gasteiger partial charge < -0.3 is 10.2 Å². The third kappa shape index (κ3) is 3.57. The van der Waals surface area contributed by atoms with Gasteiger partial charge in [0.25, 0.3) is 0 Å². The van der Waals surface area contributed by atoms with Crippen LogP contribution >= 0.6 is 0 Å². The molecule has 0 saturated carbocycles. The number of amides is 1. The van der Waals surface area contributed by atoms with Crippen LogP contribution in [0.3, 0.4) is 0 Å². The number of carbonyl (C=O) groups is 1. The molecule has 18 heavy (non-hydrogen) atoms. The van der Waals surface area contributed by atoms with E-state index in [-0.39, 0.29) is 5.91 Å². The van der Waals surface area contributed by atoms with Crippen LogP contribution in [0.15, 0.2) is 18.5 Å². The Morgan fingerprint density at radius 1 is 1.61 bits per heavy atom. The molecule has 100 valence electrons. The minimum Gasteiger partial charge on any atom is -0.341 e. The maximum atomic E-state index is 12.1. The molecule has 2 heterocycles. The molecule has 0 aliphatic carbocycles. The van der Waals surface area contributed by atoms with Gasteiger partial charge in [0.05, 0.1) is 0 Å². The number of hydrogen-bond acceptors (Lipinski definition) is 3. The van der Waals surface area contributed by atoms with Crippen molar-refractivity contribution in [1.82, 2.24) is 20.0 Å². The molecule has 1 aliphatic heterocycles. The van der Waals surface area contributed by atoms with Crippen molar-refractivity contribution in [2.75, 3.05) is 19.6 Å². The van der Waals surface area contributed by atoms with Crippen molar-refractivity contribution in [2.45, 2.75) is 38.8 Å². The number of aryl methyl sites for hydroxylation is 1. The number of aromatic nitrogens is 2. The lowest BCUT2D eigenvalue weighted by Gasteiger charge is -2.24. The Hall–Kier alpha value is -1.36. The van der Waals surface area contributed by atoms with E-state index in [1.165, 1.54) is 12.8 Å². The van der Waals surface area contributed by atoms with E-state index in [1.54, 1.807) is 10.9 Å². The average molecular weight is 250 g/mol. The molecule has 0 bridgehead atoms. The first-order valence-electron chi connectivity index (χ1n) is 6.78. The maximum absolute atomic E-state index is 12.1. The molecule has 5 nitrogen and oxygen atoms in total. The highest BCUT2D eigenvalue weighted by Crippen LogP contribution is 2.08. The molecule has 1 aromatic heterocycles. The minimum atomic E-state index is 0.224. The van der Waals surface area contributed by atoms with Crippen LogP contribution in [0.25, 0.3) is 0 Å². The predicted molar refractivity (Wildman–Crippen MR) is 70.1 cm³/mol. The molecule has 0 radical (unpaired) electrons. The topological polar surface area (TPSA) is 50.2 Å². The Balaban J connectivity index is 1.77. The lowest BCUT2D eigenvalue weighted by Crippen LogP contribution is -2.41. The summed E-state index contributed by atoms with van der Waals surface area (Å²) in [4.78, 5) is 14.1. The number of likely N-dealkylation sites (N-methyl/N-ethyl adjacent to an activating group) is 1. The first-order chi connectivity index (χ1) is 8.79. The molecule has 1 unspecified atom stereocenters. The standard InChI is InChI=1S/C13H22N4O/c1-2-16(11-12-5-3-7-14-12)13(18)6-10-17-9-4-8-15-17/h4,8-9,12,14H,2-3,5-7,10-11H2,1H3. The maximum Gasteiger partial charge on any atom is 0.224 e. The molecule has 1 amide bonds. The zero-order valence-electron chi connectivity index (χ0n) is 11.0. The Kier molecular flexibility index (Phi) is 4.75. The molecule has 2 rings (SSSR count). The van der Waals surface area contributed by atoms with Crippen molar-refractivity contribution in [3.05, 3.63) is 18.5 Å². The van der Waals surface area contributed by atoms with E-state index in [9.17, 15) is 4.79 Å². The third-order valence-corrected chi connectivity index (χ3v) is 3.45. The van der Waals surface area contributed by atoms with Crippen molar-refractivity contribution >= 4 is 5.91 Å². The lowest BCUT2D eigenvalue weighted by molar-refractivity contribution is -0.131. The fourth-order valence-corrected chi connectivity index (χ4v) is 2.39. The molecule has 1 atom stereocenters. The first kappa shape index (κ1) is 13.1. The van der Waals surface area contributed by atoms with Crippen molar-refractivity contribution in [3.8, 4) is 0 Å². The van der Waals surface area contributed by atoms with Gasteiger partial charge in [0.15, 0.2) is 0 Å². The van der Waals surface area contributed by atoms with E-state index in [0.717, 1.165) is 19.6 Å². The van der Waals surface area contributed by atoms with Gasteiger partial charge in [0.1, 0.15) is 0 Å². The molecule has 1 saturated heterocycles. The van der Waals surface area contributed by atoms with Crippen LogP contribution in [0.4, 0.5) is 0 Å². The fraction of sp³-hybridized carbons (Fsp3) is 0.692. The highest BCUT2D eigenvalue weighted by atomic mass is 16.2. The van der Waals surface area contributed by atoms with Crippen molar-refractivity contribution in [2.24, 2.45) is 0 Å². The quantitative estimate of drug-likeness (QED) is 0.815. The summed E-state index contributed by atoms with van der Waals surface area (Å²) in [6, 6.07) is 2.36. The molecule has 1 aromatic rings. The summed E-state index contributed by atoms with van der Waals surface area (Å²) >= 11 is 0. The van der Waals surface area contributed by atoms with Crippen LogP contribution in [-0.2, 0) is 11.3 Å². The van der Waals surface area contributed by atoms with Gasteiger partial charge in [-0.2, -0.15) is 5.10 Å². The minimum absolute atomic E-state index is 0.224. The first-order valence-corrected chi connectivity index (χ1v) is 6.78. The van der Waals surface area contributed by atoms with E-state index in [1.807, 2.05) is 24.1 Å². The molecule has 1 aliphatic rings. The summed E-state index contributed by atoms with van der Waals surface area (Å²) in [6.45, 7) is 5.43. The van der Waals surface area contributed by atoms with Crippen LogP contribution in [0.5, 0.6) is 0 Å². The van der Waals surface area contributed by atoms with Crippen LogP contribution in [0, 0.1) is 0 Å². The molecule has 1 N–H and O–H groups in total. The van der Waals surface area contributed by atoms with Crippen LogP contribution in [-0.4, -0.2) is 46.3 Å². The van der Waals surface area contributed by atoms with Crippen molar-refractivity contribution < 1.29 is 4.79 Å². The average Bonchev–Trinajstić information content (AvgIpc) is 3.06. The lowest BCUT2D eigenvalue weighted by atomic mass is 10.2. The van der Waals surface area contributed by atoms with Crippen LogP contribution < -0.4 is 5.32 Å². The normalized spacial score (nSPS) is 19.1. The molecular weight excluding hydrogens is 228 g/mol. The second kappa shape index (κ2) is 6.54. The second-order valence-electron chi connectivity index (χ2n) is 4.74. The van der Waals surface area contributed by atoms with Gasteiger partial charge >= 0.3 is 0 Å². The predicted octanol–water partition coefficient (Wildman–Crippen LogP) is 0.874. The van der Waals surface area contributed by atoms with Crippen LogP contribution in [0.1, 0.15) is 26.2 Å². The molecule has 5 heteroatoms. The molecular formula is C13H22N4O. The fourth-order valence-electron chi connectivity index (χ4n) is 2.39. The van der Waals surface area contributed by atoms with E-state index in [4.69, 9.17) is 0 Å². The van der Waals surface area contributed by atoms with Gasteiger partial charge in [-0.05, 0) is 32.4 Å². The summed E-state index contributed by atoms with van der Waals surface area (Å²) in [5, 5.41) is 7.54. The van der Waals surface area contributed by atoms with E-state index < -0.39 is 0 Å². The van der Waals surface area contributed by atoms with Crippen molar-refractivity contribution in [1.29, 1.82) is 0 Å². The zero-order chi connectivity index (χ0) is 12.8. The number of rotatable bonds is 6. The second-order valence-corrected chi connectivity index (χ2v) is 4.74. The summed E-state index contributed by atoms with van der Waals surface area (Å²) in [7, 11) is 0. The van der Waals surface area contributed by atoms with Gasteiger partial charge in [-0.15, -0.1) is 0 Å². The Morgan fingerprint density at radius 3 is 3.11 bits per heavy atom. The smallest absolute Gasteiger partial charge is 0.224 e. The Morgan fingerprint density at radius 2 is 2.50 bits per heavy atom. The highest BCUT2D eigenvalue weighted by molar-refractivity contribution is 5.76. The van der Waals surface area contributed by atoms with Crippen molar-refractivity contribution in [3.63, 3.8) is 0 Å². The van der Waals surface area contributed by atoms with Gasteiger partial charge in [-0.3, -0.25) is 9.48 Å². The Labute approximate surface area is 108 Å². The van der Waals surface area contributed by atoms with E-state index in [0.29, 0.717) is 19.0 Å².